The van der Waals surface area contributed by atoms with E-state index in [1.54, 1.807) is 12.1 Å². The maximum Gasteiger partial charge on any atom is 0.207 e. The van der Waals surface area contributed by atoms with Crippen molar-refractivity contribution in [2.24, 2.45) is 0 Å². The highest BCUT2D eigenvalue weighted by Gasteiger charge is 2.27. The van der Waals surface area contributed by atoms with E-state index in [0.717, 1.165) is 15.8 Å². The second-order valence-corrected chi connectivity index (χ2v) is 7.19. The van der Waals surface area contributed by atoms with Crippen LogP contribution >= 0.6 is 11.3 Å². The average molecular weight is 437 g/mol. The number of halogens is 5. The molecule has 0 saturated heterocycles. The van der Waals surface area contributed by atoms with E-state index in [1.807, 2.05) is 18.4 Å². The Morgan fingerprint density at radius 2 is 1.50 bits per heavy atom. The molecule has 2 aromatic carbocycles. The van der Waals surface area contributed by atoms with Crippen LogP contribution in [0.1, 0.15) is 18.5 Å². The van der Waals surface area contributed by atoms with Gasteiger partial charge in [0.15, 0.2) is 0 Å². The van der Waals surface area contributed by atoms with Gasteiger partial charge in [-0.05, 0) is 36.1 Å². The number of fused-ring (bicyclic) bond motifs is 1. The molecular formula is C20H12F5N3OS. The lowest BCUT2D eigenvalue weighted by atomic mass is 10.1. The fourth-order valence-corrected chi connectivity index (χ4v) is 3.54. The molecule has 0 aliphatic heterocycles. The third kappa shape index (κ3) is 3.54. The Hall–Kier alpha value is -3.27. The lowest BCUT2D eigenvalue weighted by Crippen LogP contribution is -2.08. The van der Waals surface area contributed by atoms with Crippen LogP contribution in [-0.4, -0.2) is 9.97 Å². The van der Waals surface area contributed by atoms with Crippen molar-refractivity contribution < 1.29 is 26.7 Å². The molecule has 30 heavy (non-hydrogen) atoms. The van der Waals surface area contributed by atoms with Crippen LogP contribution in [0.25, 0.3) is 10.2 Å². The van der Waals surface area contributed by atoms with Gasteiger partial charge in [0.1, 0.15) is 22.7 Å². The Balaban J connectivity index is 1.54. The minimum atomic E-state index is -2.24. The van der Waals surface area contributed by atoms with E-state index >= 15 is 0 Å². The first-order valence-electron chi connectivity index (χ1n) is 8.60. The average Bonchev–Trinajstić information content (AvgIpc) is 3.24. The molecule has 154 valence electrons. The van der Waals surface area contributed by atoms with Gasteiger partial charge in [0, 0.05) is 6.04 Å². The van der Waals surface area contributed by atoms with Crippen LogP contribution in [0.2, 0.25) is 0 Å². The fourth-order valence-electron chi connectivity index (χ4n) is 2.81. The first-order valence-corrected chi connectivity index (χ1v) is 9.48. The van der Waals surface area contributed by atoms with E-state index in [2.05, 4.69) is 15.3 Å². The first kappa shape index (κ1) is 20.0. The van der Waals surface area contributed by atoms with Gasteiger partial charge in [-0.3, -0.25) is 0 Å². The van der Waals surface area contributed by atoms with Crippen LogP contribution in [0.5, 0.6) is 11.5 Å². The summed E-state index contributed by atoms with van der Waals surface area (Å²) in [5.41, 5.74) is 0.779. The quantitative estimate of drug-likeness (QED) is 0.224. The molecule has 0 bridgehead atoms. The number of nitrogens with one attached hydrogen (secondary N) is 1. The van der Waals surface area contributed by atoms with Crippen molar-refractivity contribution in [1.29, 1.82) is 0 Å². The molecule has 1 unspecified atom stereocenters. The second kappa shape index (κ2) is 7.86. The van der Waals surface area contributed by atoms with E-state index in [9.17, 15) is 22.0 Å². The summed E-state index contributed by atoms with van der Waals surface area (Å²) in [6.07, 6.45) is 1.45. The van der Waals surface area contributed by atoms with Crippen molar-refractivity contribution >= 4 is 27.4 Å². The van der Waals surface area contributed by atoms with Crippen LogP contribution in [0.3, 0.4) is 0 Å². The van der Waals surface area contributed by atoms with E-state index in [4.69, 9.17) is 4.74 Å². The van der Waals surface area contributed by atoms with Crippen molar-refractivity contribution in [1.82, 2.24) is 9.97 Å². The predicted molar refractivity (Wildman–Crippen MR) is 102 cm³/mol. The Bertz CT molecular complexity index is 1200. The molecule has 0 spiro atoms. The minimum Gasteiger partial charge on any atom is -0.451 e. The Kier molecular flexibility index (Phi) is 5.25. The van der Waals surface area contributed by atoms with Gasteiger partial charge >= 0.3 is 0 Å². The number of hydrogen-bond donors (Lipinski definition) is 1. The molecule has 0 fully saturated rings. The molecule has 0 radical (unpaired) electrons. The molecule has 0 saturated carbocycles. The minimum absolute atomic E-state index is 0.0866. The van der Waals surface area contributed by atoms with Crippen LogP contribution in [0.15, 0.2) is 42.0 Å². The summed E-state index contributed by atoms with van der Waals surface area (Å²) >= 11 is 1.49. The zero-order valence-corrected chi connectivity index (χ0v) is 16.0. The number of hydrogen-bond acceptors (Lipinski definition) is 5. The van der Waals surface area contributed by atoms with Crippen molar-refractivity contribution in [3.05, 3.63) is 76.7 Å². The van der Waals surface area contributed by atoms with Crippen LogP contribution in [-0.2, 0) is 0 Å². The summed E-state index contributed by atoms with van der Waals surface area (Å²) in [5, 5.41) is 6.03. The largest absolute Gasteiger partial charge is 0.451 e. The summed E-state index contributed by atoms with van der Waals surface area (Å²) in [7, 11) is 0. The maximum atomic E-state index is 13.8. The Labute approximate surface area is 171 Å². The van der Waals surface area contributed by atoms with Crippen LogP contribution < -0.4 is 10.1 Å². The van der Waals surface area contributed by atoms with Gasteiger partial charge in [-0.25, -0.2) is 23.1 Å². The third-order valence-electron chi connectivity index (χ3n) is 4.38. The van der Waals surface area contributed by atoms with E-state index in [1.165, 1.54) is 29.8 Å². The van der Waals surface area contributed by atoms with Crippen LogP contribution in [0, 0.1) is 29.1 Å². The van der Waals surface area contributed by atoms with Gasteiger partial charge < -0.3 is 10.1 Å². The normalized spacial score (nSPS) is 12.2. The van der Waals surface area contributed by atoms with E-state index < -0.39 is 34.8 Å². The van der Waals surface area contributed by atoms with E-state index in [-0.39, 0.29) is 11.8 Å². The van der Waals surface area contributed by atoms with Crippen LogP contribution in [0.4, 0.5) is 27.8 Å². The molecule has 4 rings (SSSR count). The lowest BCUT2D eigenvalue weighted by molar-refractivity contribution is 0.332. The highest BCUT2D eigenvalue weighted by Crippen LogP contribution is 2.33. The zero-order valence-electron chi connectivity index (χ0n) is 15.2. The van der Waals surface area contributed by atoms with Gasteiger partial charge in [0.05, 0.1) is 5.39 Å². The van der Waals surface area contributed by atoms with Crippen molar-refractivity contribution in [2.45, 2.75) is 13.0 Å². The standard InChI is InChI=1S/C20H12F5N3OS/c1-9(28-19-12-6-7-30-20(12)27-8-26-19)10-2-4-11(5-3-10)29-18-16(24)14(22)13(21)15(23)17(18)25/h2-9H,1H3,(H,26,27,28). The number of aromatic nitrogens is 2. The molecule has 4 nitrogen and oxygen atoms in total. The summed E-state index contributed by atoms with van der Waals surface area (Å²) < 4.78 is 72.2. The van der Waals surface area contributed by atoms with Gasteiger partial charge in [0.2, 0.25) is 34.8 Å². The van der Waals surface area contributed by atoms with Gasteiger partial charge in [-0.2, -0.15) is 8.78 Å². The lowest BCUT2D eigenvalue weighted by Gasteiger charge is -2.16. The number of thiophene rings is 1. The topological polar surface area (TPSA) is 47.0 Å². The Morgan fingerprint density at radius 3 is 2.17 bits per heavy atom. The number of benzene rings is 2. The maximum absolute atomic E-state index is 13.8. The molecule has 2 heterocycles. The monoisotopic (exact) mass is 437 g/mol. The number of ether oxygens (including phenoxy) is 1. The van der Waals surface area contributed by atoms with Crippen molar-refractivity contribution in [3.63, 3.8) is 0 Å². The summed E-state index contributed by atoms with van der Waals surface area (Å²) in [4.78, 5) is 9.25. The molecule has 10 heteroatoms. The molecule has 4 aromatic rings. The van der Waals surface area contributed by atoms with Gasteiger partial charge in [-0.1, -0.05) is 12.1 Å². The molecule has 1 N–H and O–H groups in total. The van der Waals surface area contributed by atoms with Gasteiger partial charge in [0.25, 0.3) is 0 Å². The molecule has 0 amide bonds. The highest BCUT2D eigenvalue weighted by atomic mass is 32.1. The zero-order chi connectivity index (χ0) is 21.4. The molecule has 0 aliphatic carbocycles. The number of nitrogens with zero attached hydrogens (tertiary/aromatic N) is 2. The fraction of sp³-hybridized carbons (Fsp3) is 0.100. The summed E-state index contributed by atoms with van der Waals surface area (Å²) in [5.74, 6) is -11.2. The summed E-state index contributed by atoms with van der Waals surface area (Å²) in [6.45, 7) is 1.88. The predicted octanol–water partition coefficient (Wildman–Crippen LogP) is 6.35. The molecular weight excluding hydrogens is 425 g/mol. The number of anilines is 1. The molecule has 2 aromatic heterocycles. The summed E-state index contributed by atoms with van der Waals surface area (Å²) in [6, 6.07) is 7.63. The molecule has 1 atom stereocenters. The van der Waals surface area contributed by atoms with Crippen molar-refractivity contribution in [3.8, 4) is 11.5 Å². The smallest absolute Gasteiger partial charge is 0.207 e. The second-order valence-electron chi connectivity index (χ2n) is 6.30. The number of rotatable bonds is 5. The third-order valence-corrected chi connectivity index (χ3v) is 5.21. The molecule has 0 aliphatic rings. The Morgan fingerprint density at radius 1 is 0.867 bits per heavy atom. The van der Waals surface area contributed by atoms with Gasteiger partial charge in [-0.15, -0.1) is 11.3 Å². The highest BCUT2D eigenvalue weighted by molar-refractivity contribution is 7.16. The van der Waals surface area contributed by atoms with Crippen molar-refractivity contribution in [2.75, 3.05) is 5.32 Å². The van der Waals surface area contributed by atoms with E-state index in [0.29, 0.717) is 5.82 Å². The first-order chi connectivity index (χ1) is 14.4. The SMILES string of the molecule is CC(Nc1ncnc2sccc12)c1ccc(Oc2c(F)c(F)c(F)c(F)c2F)cc1.